The second-order valence-electron chi connectivity index (χ2n) is 4.33. The van der Waals surface area contributed by atoms with E-state index in [9.17, 15) is 18.4 Å². The Bertz CT molecular complexity index is 509. The van der Waals surface area contributed by atoms with Crippen molar-refractivity contribution in [2.45, 2.75) is 13.3 Å². The number of amides is 2. The molecule has 0 radical (unpaired) electrons. The van der Waals surface area contributed by atoms with Gasteiger partial charge in [0.1, 0.15) is 11.6 Å². The van der Waals surface area contributed by atoms with Gasteiger partial charge in [0.2, 0.25) is 5.91 Å². The highest BCUT2D eigenvalue weighted by Gasteiger charge is 2.14. The van der Waals surface area contributed by atoms with E-state index in [1.165, 1.54) is 4.90 Å². The number of hydrogen-bond donors (Lipinski definition) is 2. The zero-order valence-electron chi connectivity index (χ0n) is 11.7. The molecule has 1 aromatic rings. The van der Waals surface area contributed by atoms with E-state index in [1.807, 2.05) is 0 Å². The van der Waals surface area contributed by atoms with Gasteiger partial charge in [0.25, 0.3) is 5.91 Å². The first kappa shape index (κ1) is 17.0. The molecule has 0 aliphatic carbocycles. The number of nitrogens with zero attached hydrogens (tertiary/aromatic N) is 1. The van der Waals surface area contributed by atoms with Crippen LogP contribution < -0.4 is 5.32 Å². The summed E-state index contributed by atoms with van der Waals surface area (Å²) in [5.74, 6) is -2.63. The first-order chi connectivity index (χ1) is 9.99. The van der Waals surface area contributed by atoms with Crippen LogP contribution in [0.4, 0.5) is 8.78 Å². The van der Waals surface area contributed by atoms with E-state index in [0.29, 0.717) is 12.6 Å². The van der Waals surface area contributed by atoms with Crippen molar-refractivity contribution >= 4 is 11.8 Å². The van der Waals surface area contributed by atoms with Gasteiger partial charge in [-0.1, -0.05) is 0 Å². The highest BCUT2D eigenvalue weighted by atomic mass is 19.1. The van der Waals surface area contributed by atoms with E-state index in [4.69, 9.17) is 5.11 Å². The van der Waals surface area contributed by atoms with Crippen LogP contribution in [0.2, 0.25) is 0 Å². The molecule has 116 valence electrons. The van der Waals surface area contributed by atoms with Crippen molar-refractivity contribution in [2.24, 2.45) is 0 Å². The third-order valence-corrected chi connectivity index (χ3v) is 2.90. The molecule has 7 heteroatoms. The van der Waals surface area contributed by atoms with Crippen LogP contribution >= 0.6 is 0 Å². The molecule has 0 aliphatic rings. The summed E-state index contributed by atoms with van der Waals surface area (Å²) in [5, 5.41) is 11.2. The summed E-state index contributed by atoms with van der Waals surface area (Å²) in [5.41, 5.74) is -0.272. The van der Waals surface area contributed by atoms with Crippen molar-refractivity contribution in [3.8, 4) is 0 Å². The summed E-state index contributed by atoms with van der Waals surface area (Å²) in [4.78, 5) is 24.9. The maximum absolute atomic E-state index is 13.4. The predicted molar refractivity (Wildman–Crippen MR) is 72.6 cm³/mol. The van der Waals surface area contributed by atoms with E-state index in [2.05, 4.69) is 5.32 Å². The van der Waals surface area contributed by atoms with Gasteiger partial charge in [0.05, 0.1) is 12.2 Å². The molecule has 2 amide bonds. The molecular formula is C14H18F2N2O3. The van der Waals surface area contributed by atoms with Gasteiger partial charge >= 0.3 is 0 Å². The Kier molecular flexibility index (Phi) is 6.74. The Balaban J connectivity index is 2.48. The molecule has 0 heterocycles. The molecule has 5 nitrogen and oxygen atoms in total. The summed E-state index contributed by atoms with van der Waals surface area (Å²) in [7, 11) is 0. The van der Waals surface area contributed by atoms with Gasteiger partial charge < -0.3 is 15.3 Å². The third-order valence-electron chi connectivity index (χ3n) is 2.90. The number of halogens is 2. The molecule has 0 bridgehead atoms. The lowest BCUT2D eigenvalue weighted by atomic mass is 10.2. The number of carbonyl (C=O) groups is 2. The largest absolute Gasteiger partial charge is 0.395 e. The Morgan fingerprint density at radius 2 is 2.05 bits per heavy atom. The molecule has 0 atom stereocenters. The number of carbonyl (C=O) groups excluding carboxylic acids is 2. The molecule has 0 spiro atoms. The minimum atomic E-state index is -0.950. The molecule has 0 saturated carbocycles. The zero-order valence-corrected chi connectivity index (χ0v) is 11.7. The van der Waals surface area contributed by atoms with Crippen LogP contribution in [-0.2, 0) is 4.79 Å². The first-order valence-electron chi connectivity index (χ1n) is 6.61. The first-order valence-corrected chi connectivity index (χ1v) is 6.61. The van der Waals surface area contributed by atoms with Gasteiger partial charge in [-0.05, 0) is 19.1 Å². The summed E-state index contributed by atoms with van der Waals surface area (Å²) in [6.45, 7) is 2.37. The Labute approximate surface area is 121 Å². The highest BCUT2D eigenvalue weighted by molar-refractivity contribution is 5.94. The number of likely N-dealkylation sites (N-methyl/N-ethyl adjacent to an activating group) is 1. The summed E-state index contributed by atoms with van der Waals surface area (Å²) in [6, 6.07) is 2.66. The van der Waals surface area contributed by atoms with Gasteiger partial charge in [-0.15, -0.1) is 0 Å². The Hall–Kier alpha value is -2.02. The summed E-state index contributed by atoms with van der Waals surface area (Å²) in [6.07, 6.45) is 0.0440. The molecule has 0 aromatic heterocycles. The van der Waals surface area contributed by atoms with E-state index in [-0.39, 0.29) is 37.6 Å². The average Bonchev–Trinajstić information content (AvgIpc) is 2.44. The second-order valence-corrected chi connectivity index (χ2v) is 4.33. The van der Waals surface area contributed by atoms with Gasteiger partial charge in [0, 0.05) is 32.1 Å². The fourth-order valence-corrected chi connectivity index (χ4v) is 1.79. The lowest BCUT2D eigenvalue weighted by Gasteiger charge is -2.19. The standard InChI is InChI=1S/C14H18F2N2O3/c1-2-18(7-8-19)13(20)5-6-17-14(21)11-4-3-10(15)9-12(11)16/h3-4,9,19H,2,5-8H2,1H3,(H,17,21). The van der Waals surface area contributed by atoms with Crippen LogP contribution in [0.3, 0.4) is 0 Å². The van der Waals surface area contributed by atoms with Gasteiger partial charge in [0.15, 0.2) is 0 Å². The molecule has 1 aromatic carbocycles. The van der Waals surface area contributed by atoms with E-state index < -0.39 is 17.5 Å². The number of aliphatic hydroxyl groups excluding tert-OH is 1. The van der Waals surface area contributed by atoms with Gasteiger partial charge in [-0.3, -0.25) is 9.59 Å². The monoisotopic (exact) mass is 300 g/mol. The topological polar surface area (TPSA) is 69.6 Å². The van der Waals surface area contributed by atoms with Crippen molar-refractivity contribution in [2.75, 3.05) is 26.2 Å². The maximum Gasteiger partial charge on any atom is 0.254 e. The molecule has 0 unspecified atom stereocenters. The highest BCUT2D eigenvalue weighted by Crippen LogP contribution is 2.09. The van der Waals surface area contributed by atoms with Crippen molar-refractivity contribution in [1.82, 2.24) is 10.2 Å². The number of rotatable bonds is 7. The summed E-state index contributed by atoms with van der Waals surface area (Å²) < 4.78 is 26.1. The maximum atomic E-state index is 13.4. The molecule has 21 heavy (non-hydrogen) atoms. The average molecular weight is 300 g/mol. The van der Waals surface area contributed by atoms with Gasteiger partial charge in [-0.2, -0.15) is 0 Å². The van der Waals surface area contributed by atoms with Crippen molar-refractivity contribution < 1.29 is 23.5 Å². The van der Waals surface area contributed by atoms with E-state index >= 15 is 0 Å². The minimum absolute atomic E-state index is 0.0381. The Morgan fingerprint density at radius 1 is 1.33 bits per heavy atom. The fourth-order valence-electron chi connectivity index (χ4n) is 1.79. The van der Waals surface area contributed by atoms with E-state index in [0.717, 1.165) is 12.1 Å². The number of nitrogens with one attached hydrogen (secondary N) is 1. The van der Waals surface area contributed by atoms with Crippen LogP contribution in [-0.4, -0.2) is 48.1 Å². The molecule has 1 rings (SSSR count). The van der Waals surface area contributed by atoms with Crippen LogP contribution in [0.25, 0.3) is 0 Å². The van der Waals surface area contributed by atoms with Crippen molar-refractivity contribution in [3.63, 3.8) is 0 Å². The zero-order chi connectivity index (χ0) is 15.8. The quantitative estimate of drug-likeness (QED) is 0.787. The summed E-state index contributed by atoms with van der Waals surface area (Å²) >= 11 is 0. The predicted octanol–water partition coefficient (Wildman–Crippen LogP) is 0.925. The molecule has 0 fully saturated rings. The number of hydrogen-bond acceptors (Lipinski definition) is 3. The minimum Gasteiger partial charge on any atom is -0.395 e. The van der Waals surface area contributed by atoms with Crippen molar-refractivity contribution in [1.29, 1.82) is 0 Å². The number of benzene rings is 1. The lowest BCUT2D eigenvalue weighted by molar-refractivity contribution is -0.131. The Morgan fingerprint density at radius 3 is 2.62 bits per heavy atom. The SMILES string of the molecule is CCN(CCO)C(=O)CCNC(=O)c1ccc(F)cc1F. The molecule has 2 N–H and O–H groups in total. The van der Waals surface area contributed by atoms with Crippen LogP contribution in [0.1, 0.15) is 23.7 Å². The van der Waals surface area contributed by atoms with Crippen LogP contribution in [0, 0.1) is 11.6 Å². The molecular weight excluding hydrogens is 282 g/mol. The second kappa shape index (κ2) is 8.31. The smallest absolute Gasteiger partial charge is 0.254 e. The molecule has 0 saturated heterocycles. The molecule has 0 aliphatic heterocycles. The number of aliphatic hydroxyl groups is 1. The normalized spacial score (nSPS) is 10.3. The lowest BCUT2D eigenvalue weighted by Crippen LogP contribution is -2.36. The van der Waals surface area contributed by atoms with Crippen LogP contribution in [0.5, 0.6) is 0 Å². The third kappa shape index (κ3) is 5.11. The van der Waals surface area contributed by atoms with E-state index in [1.54, 1.807) is 6.92 Å². The van der Waals surface area contributed by atoms with Crippen LogP contribution in [0.15, 0.2) is 18.2 Å². The van der Waals surface area contributed by atoms with Gasteiger partial charge in [-0.25, -0.2) is 8.78 Å². The fraction of sp³-hybridized carbons (Fsp3) is 0.429. The van der Waals surface area contributed by atoms with Crippen molar-refractivity contribution in [3.05, 3.63) is 35.4 Å².